The minimum atomic E-state index is -3.96. The molecule has 0 fully saturated rings. The standard InChI is InChI=1S/C19H15NO4S/c1-14(22)17-8-5-9-18(11-17)25(23,24)20-12-15(13-21)10-19(20)16-6-3-2-4-7-16/h2-13H,1H3. The molecule has 3 aromatic rings. The fraction of sp³-hybridized carbons (Fsp3) is 0.0526. The van der Waals surface area contributed by atoms with Gasteiger partial charge >= 0.3 is 0 Å². The smallest absolute Gasteiger partial charge is 0.268 e. The molecule has 0 unspecified atom stereocenters. The van der Waals surface area contributed by atoms with Crippen molar-refractivity contribution in [2.45, 2.75) is 11.8 Å². The Hall–Kier alpha value is -2.99. The van der Waals surface area contributed by atoms with Gasteiger partial charge in [-0.15, -0.1) is 0 Å². The molecule has 0 N–H and O–H groups in total. The molecular formula is C19H15NO4S. The molecule has 0 radical (unpaired) electrons. The van der Waals surface area contributed by atoms with Crippen molar-refractivity contribution in [2.24, 2.45) is 0 Å². The highest BCUT2D eigenvalue weighted by Gasteiger charge is 2.22. The second kappa shape index (κ2) is 6.49. The Morgan fingerprint density at radius 1 is 1.00 bits per heavy atom. The second-order valence-electron chi connectivity index (χ2n) is 5.53. The normalized spacial score (nSPS) is 11.2. The summed E-state index contributed by atoms with van der Waals surface area (Å²) >= 11 is 0. The molecule has 1 heterocycles. The van der Waals surface area contributed by atoms with Gasteiger partial charge in [-0.2, -0.15) is 0 Å². The van der Waals surface area contributed by atoms with E-state index in [0.717, 1.165) is 3.97 Å². The zero-order valence-electron chi connectivity index (χ0n) is 13.4. The van der Waals surface area contributed by atoms with Gasteiger partial charge < -0.3 is 0 Å². The molecule has 1 aromatic heterocycles. The van der Waals surface area contributed by atoms with Crippen molar-refractivity contribution in [3.63, 3.8) is 0 Å². The fourth-order valence-electron chi connectivity index (χ4n) is 2.54. The van der Waals surface area contributed by atoms with Crippen LogP contribution in [-0.4, -0.2) is 24.5 Å². The molecule has 0 saturated heterocycles. The van der Waals surface area contributed by atoms with Gasteiger partial charge in [-0.25, -0.2) is 12.4 Å². The first-order valence-corrected chi connectivity index (χ1v) is 8.97. The molecule has 0 bridgehead atoms. The molecule has 0 amide bonds. The summed E-state index contributed by atoms with van der Waals surface area (Å²) in [5, 5.41) is 0. The van der Waals surface area contributed by atoms with E-state index in [1.54, 1.807) is 30.3 Å². The largest absolute Gasteiger partial charge is 0.298 e. The number of aldehydes is 1. The van der Waals surface area contributed by atoms with E-state index in [-0.39, 0.29) is 16.2 Å². The number of rotatable bonds is 5. The van der Waals surface area contributed by atoms with E-state index in [0.29, 0.717) is 23.1 Å². The Labute approximate surface area is 145 Å². The summed E-state index contributed by atoms with van der Waals surface area (Å²) in [5.41, 5.74) is 1.62. The Bertz CT molecular complexity index is 1050. The summed E-state index contributed by atoms with van der Waals surface area (Å²) < 4.78 is 27.2. The maximum absolute atomic E-state index is 13.1. The molecule has 0 atom stereocenters. The van der Waals surface area contributed by atoms with Crippen LogP contribution in [-0.2, 0) is 10.0 Å². The zero-order valence-corrected chi connectivity index (χ0v) is 14.2. The Morgan fingerprint density at radius 2 is 1.72 bits per heavy atom. The second-order valence-corrected chi connectivity index (χ2v) is 7.34. The molecule has 2 aromatic carbocycles. The summed E-state index contributed by atoms with van der Waals surface area (Å²) in [5.74, 6) is -0.221. The van der Waals surface area contributed by atoms with Crippen molar-refractivity contribution in [3.05, 3.63) is 78.0 Å². The van der Waals surface area contributed by atoms with Crippen LogP contribution in [0.5, 0.6) is 0 Å². The monoisotopic (exact) mass is 353 g/mol. The van der Waals surface area contributed by atoms with Gasteiger partial charge in [0.15, 0.2) is 12.1 Å². The van der Waals surface area contributed by atoms with Crippen molar-refractivity contribution in [2.75, 3.05) is 0 Å². The molecule has 126 valence electrons. The molecule has 6 heteroatoms. The number of benzene rings is 2. The molecule has 0 aliphatic rings. The Morgan fingerprint density at radius 3 is 2.36 bits per heavy atom. The first kappa shape index (κ1) is 16.9. The van der Waals surface area contributed by atoms with Crippen LogP contribution in [0.3, 0.4) is 0 Å². The average Bonchev–Trinajstić information content (AvgIpc) is 3.08. The third kappa shape index (κ3) is 3.16. The van der Waals surface area contributed by atoms with Crippen molar-refractivity contribution < 1.29 is 18.0 Å². The van der Waals surface area contributed by atoms with Crippen LogP contribution in [0, 0.1) is 0 Å². The van der Waals surface area contributed by atoms with Crippen molar-refractivity contribution in [1.82, 2.24) is 3.97 Å². The Balaban J connectivity index is 2.21. The summed E-state index contributed by atoms with van der Waals surface area (Å²) in [6, 6.07) is 16.3. The van der Waals surface area contributed by atoms with Crippen LogP contribution in [0.1, 0.15) is 27.6 Å². The number of carbonyl (C=O) groups is 2. The maximum atomic E-state index is 13.1. The highest BCUT2D eigenvalue weighted by Crippen LogP contribution is 2.27. The minimum Gasteiger partial charge on any atom is -0.298 e. The molecule has 25 heavy (non-hydrogen) atoms. The minimum absolute atomic E-state index is 0.00886. The number of carbonyl (C=O) groups excluding carboxylic acids is 2. The fourth-order valence-corrected chi connectivity index (χ4v) is 3.97. The van der Waals surface area contributed by atoms with Crippen molar-refractivity contribution in [1.29, 1.82) is 0 Å². The molecule has 0 spiro atoms. The van der Waals surface area contributed by atoms with Crippen LogP contribution < -0.4 is 0 Å². The number of nitrogens with zero attached hydrogens (tertiary/aromatic N) is 1. The van der Waals surface area contributed by atoms with Crippen LogP contribution in [0.4, 0.5) is 0 Å². The van der Waals surface area contributed by atoms with E-state index in [9.17, 15) is 18.0 Å². The van der Waals surface area contributed by atoms with Crippen LogP contribution in [0.2, 0.25) is 0 Å². The quantitative estimate of drug-likeness (QED) is 0.520. The van der Waals surface area contributed by atoms with E-state index >= 15 is 0 Å². The third-order valence-electron chi connectivity index (χ3n) is 3.81. The number of ketones is 1. The number of hydrogen-bond acceptors (Lipinski definition) is 4. The van der Waals surface area contributed by atoms with Crippen LogP contribution >= 0.6 is 0 Å². The summed E-state index contributed by atoms with van der Waals surface area (Å²) in [7, 11) is -3.96. The van der Waals surface area contributed by atoms with E-state index in [2.05, 4.69) is 0 Å². The Kier molecular flexibility index (Phi) is 4.37. The first-order chi connectivity index (χ1) is 11.9. The van der Waals surface area contributed by atoms with Crippen LogP contribution in [0.15, 0.2) is 71.8 Å². The van der Waals surface area contributed by atoms with E-state index in [4.69, 9.17) is 0 Å². The van der Waals surface area contributed by atoms with Gasteiger partial charge in [0.25, 0.3) is 10.0 Å². The molecular weight excluding hydrogens is 338 g/mol. The lowest BCUT2D eigenvalue weighted by molar-refractivity contribution is 0.101. The van der Waals surface area contributed by atoms with Crippen molar-refractivity contribution in [3.8, 4) is 11.3 Å². The molecule has 5 nitrogen and oxygen atoms in total. The first-order valence-electron chi connectivity index (χ1n) is 7.53. The van der Waals surface area contributed by atoms with Gasteiger partial charge in [0.05, 0.1) is 10.6 Å². The van der Waals surface area contributed by atoms with E-state index in [1.807, 2.05) is 6.07 Å². The van der Waals surface area contributed by atoms with Gasteiger partial charge in [0, 0.05) is 17.3 Å². The lowest BCUT2D eigenvalue weighted by atomic mass is 10.1. The highest BCUT2D eigenvalue weighted by molar-refractivity contribution is 7.90. The van der Waals surface area contributed by atoms with E-state index < -0.39 is 10.0 Å². The third-order valence-corrected chi connectivity index (χ3v) is 5.48. The maximum Gasteiger partial charge on any atom is 0.268 e. The molecule has 3 rings (SSSR count). The van der Waals surface area contributed by atoms with Gasteiger partial charge in [-0.3, -0.25) is 9.59 Å². The van der Waals surface area contributed by atoms with E-state index in [1.165, 1.54) is 37.4 Å². The average molecular weight is 353 g/mol. The summed E-state index contributed by atoms with van der Waals surface area (Å²) in [4.78, 5) is 22.7. The SMILES string of the molecule is CC(=O)c1cccc(S(=O)(=O)n2cc(C=O)cc2-c2ccccc2)c1. The zero-order chi connectivity index (χ0) is 18.0. The van der Waals surface area contributed by atoms with Crippen LogP contribution in [0.25, 0.3) is 11.3 Å². The predicted molar refractivity (Wildman–Crippen MR) is 94.3 cm³/mol. The lowest BCUT2D eigenvalue weighted by Gasteiger charge is -2.11. The van der Waals surface area contributed by atoms with Crippen molar-refractivity contribution >= 4 is 22.1 Å². The summed E-state index contributed by atoms with van der Waals surface area (Å²) in [6.45, 7) is 1.38. The van der Waals surface area contributed by atoms with Gasteiger partial charge in [0.1, 0.15) is 0 Å². The number of Topliss-reactive ketones (excluding diaryl/α,β-unsaturated/α-hetero) is 1. The predicted octanol–water partition coefficient (Wildman–Crippen LogP) is 3.41. The highest BCUT2D eigenvalue weighted by atomic mass is 32.2. The topological polar surface area (TPSA) is 73.2 Å². The summed E-state index contributed by atoms with van der Waals surface area (Å²) in [6.07, 6.45) is 1.88. The van der Waals surface area contributed by atoms with Gasteiger partial charge in [-0.1, -0.05) is 42.5 Å². The molecule has 0 aliphatic carbocycles. The molecule has 0 aliphatic heterocycles. The van der Waals surface area contributed by atoms with Gasteiger partial charge in [-0.05, 0) is 30.7 Å². The number of aromatic nitrogens is 1. The lowest BCUT2D eigenvalue weighted by Crippen LogP contribution is -2.14. The molecule has 0 saturated carbocycles. The number of hydrogen-bond donors (Lipinski definition) is 0. The van der Waals surface area contributed by atoms with Gasteiger partial charge in [0.2, 0.25) is 0 Å².